The second-order valence-corrected chi connectivity index (χ2v) is 6.81. The number of benzene rings is 3. The number of rotatable bonds is 4. The van der Waals surface area contributed by atoms with Gasteiger partial charge in [-0.1, -0.05) is 54.6 Å². The van der Waals surface area contributed by atoms with Crippen molar-refractivity contribution < 1.29 is 14.3 Å². The van der Waals surface area contributed by atoms with Crippen LogP contribution in [-0.2, 0) is 16.9 Å². The summed E-state index contributed by atoms with van der Waals surface area (Å²) in [5, 5.41) is 4.97. The van der Waals surface area contributed by atoms with Gasteiger partial charge in [0.15, 0.2) is 0 Å². The van der Waals surface area contributed by atoms with Crippen LogP contribution in [-0.4, -0.2) is 23.9 Å². The molecule has 0 saturated carbocycles. The summed E-state index contributed by atoms with van der Waals surface area (Å²) in [5.41, 5.74) is 0.575. The summed E-state index contributed by atoms with van der Waals surface area (Å²) in [7, 11) is 1.59. The molecule has 5 nitrogen and oxygen atoms in total. The van der Waals surface area contributed by atoms with Gasteiger partial charge < -0.3 is 10.1 Å². The first-order valence-electron chi connectivity index (χ1n) is 8.78. The minimum Gasteiger partial charge on any atom is -0.497 e. The van der Waals surface area contributed by atoms with Crippen LogP contribution in [0, 0.1) is 0 Å². The third kappa shape index (κ3) is 2.81. The molecule has 0 radical (unpaired) electrons. The van der Waals surface area contributed by atoms with E-state index in [1.807, 2.05) is 42.5 Å². The Hall–Kier alpha value is -3.34. The summed E-state index contributed by atoms with van der Waals surface area (Å²) in [4.78, 5) is 27.0. The maximum Gasteiger partial charge on any atom is 0.325 e. The lowest BCUT2D eigenvalue weighted by molar-refractivity contribution is -0.131. The first-order chi connectivity index (χ1) is 13.0. The van der Waals surface area contributed by atoms with Gasteiger partial charge in [-0.3, -0.25) is 9.69 Å². The number of methoxy groups -OCH3 is 1. The van der Waals surface area contributed by atoms with Crippen LogP contribution in [0.3, 0.4) is 0 Å². The van der Waals surface area contributed by atoms with Gasteiger partial charge >= 0.3 is 6.03 Å². The maximum atomic E-state index is 13.1. The van der Waals surface area contributed by atoms with E-state index in [9.17, 15) is 9.59 Å². The lowest BCUT2D eigenvalue weighted by Crippen LogP contribution is -2.40. The molecule has 0 aliphatic carbocycles. The number of hydrogen-bond donors (Lipinski definition) is 1. The van der Waals surface area contributed by atoms with Crippen LogP contribution in [0.1, 0.15) is 18.1 Å². The molecule has 0 aromatic heterocycles. The highest BCUT2D eigenvalue weighted by Crippen LogP contribution is 2.31. The minimum absolute atomic E-state index is 0.234. The van der Waals surface area contributed by atoms with Crippen molar-refractivity contribution >= 4 is 22.7 Å². The third-order valence-corrected chi connectivity index (χ3v) is 5.15. The lowest BCUT2D eigenvalue weighted by Gasteiger charge is -2.22. The van der Waals surface area contributed by atoms with E-state index in [4.69, 9.17) is 4.74 Å². The predicted molar refractivity (Wildman–Crippen MR) is 103 cm³/mol. The second kappa shape index (κ2) is 6.43. The summed E-state index contributed by atoms with van der Waals surface area (Å²) in [6.07, 6.45) is 0. The number of nitrogens with zero attached hydrogens (tertiary/aromatic N) is 1. The normalized spacial score (nSPS) is 19.4. The molecule has 5 heteroatoms. The molecule has 1 atom stereocenters. The van der Waals surface area contributed by atoms with Gasteiger partial charge in [-0.25, -0.2) is 4.79 Å². The minimum atomic E-state index is -1.09. The highest BCUT2D eigenvalue weighted by atomic mass is 16.5. The monoisotopic (exact) mass is 360 g/mol. The molecule has 1 aliphatic heterocycles. The Balaban J connectivity index is 1.66. The summed E-state index contributed by atoms with van der Waals surface area (Å²) in [6.45, 7) is 1.97. The van der Waals surface area contributed by atoms with Crippen LogP contribution in [0.2, 0.25) is 0 Å². The SMILES string of the molecule is COc1ccc(C2(C)NC(=O)N(Cc3cccc4ccccc34)C2=O)cc1. The molecule has 0 bridgehead atoms. The number of ether oxygens (including phenoxy) is 1. The number of imide groups is 1. The van der Waals surface area contributed by atoms with Crippen LogP contribution < -0.4 is 10.1 Å². The zero-order valence-electron chi connectivity index (χ0n) is 15.2. The van der Waals surface area contributed by atoms with Crippen molar-refractivity contribution in [2.24, 2.45) is 0 Å². The fourth-order valence-electron chi connectivity index (χ4n) is 3.56. The Morgan fingerprint density at radius 1 is 0.963 bits per heavy atom. The van der Waals surface area contributed by atoms with Gasteiger partial charge in [-0.2, -0.15) is 0 Å². The zero-order valence-corrected chi connectivity index (χ0v) is 15.2. The van der Waals surface area contributed by atoms with Crippen molar-refractivity contribution in [1.82, 2.24) is 10.2 Å². The third-order valence-electron chi connectivity index (χ3n) is 5.15. The molecule has 136 valence electrons. The fraction of sp³-hybridized carbons (Fsp3) is 0.182. The van der Waals surface area contributed by atoms with Gasteiger partial charge in [0.1, 0.15) is 11.3 Å². The molecule has 3 aromatic rings. The van der Waals surface area contributed by atoms with Crippen molar-refractivity contribution in [2.45, 2.75) is 19.0 Å². The van der Waals surface area contributed by atoms with Crippen molar-refractivity contribution in [3.05, 3.63) is 77.9 Å². The first-order valence-corrected chi connectivity index (χ1v) is 8.78. The zero-order chi connectivity index (χ0) is 19.0. The molecule has 1 aliphatic rings. The van der Waals surface area contributed by atoms with E-state index in [0.29, 0.717) is 5.75 Å². The summed E-state index contributed by atoms with van der Waals surface area (Å²) in [6, 6.07) is 20.7. The smallest absolute Gasteiger partial charge is 0.325 e. The predicted octanol–water partition coefficient (Wildman–Crippen LogP) is 3.82. The molecule has 1 fully saturated rings. The Kier molecular flexibility index (Phi) is 4.07. The van der Waals surface area contributed by atoms with Gasteiger partial charge in [0.25, 0.3) is 5.91 Å². The van der Waals surface area contributed by atoms with Gasteiger partial charge in [0.2, 0.25) is 0 Å². The van der Waals surface area contributed by atoms with E-state index in [-0.39, 0.29) is 18.5 Å². The molecule has 0 spiro atoms. The Bertz CT molecular complexity index is 1020. The molecule has 1 unspecified atom stereocenters. The van der Waals surface area contributed by atoms with Gasteiger partial charge in [-0.15, -0.1) is 0 Å². The molecular weight excluding hydrogens is 340 g/mol. The van der Waals surface area contributed by atoms with E-state index in [0.717, 1.165) is 21.9 Å². The van der Waals surface area contributed by atoms with Crippen LogP contribution >= 0.6 is 0 Å². The van der Waals surface area contributed by atoms with Crippen molar-refractivity contribution in [3.63, 3.8) is 0 Å². The van der Waals surface area contributed by atoms with E-state index < -0.39 is 5.54 Å². The van der Waals surface area contributed by atoms with Gasteiger partial charge in [-0.05, 0) is 41.0 Å². The molecule has 1 N–H and O–H groups in total. The molecular formula is C22H20N2O3. The summed E-state index contributed by atoms with van der Waals surface area (Å²) < 4.78 is 5.17. The van der Waals surface area contributed by atoms with Crippen molar-refractivity contribution in [3.8, 4) is 5.75 Å². The number of nitrogens with one attached hydrogen (secondary N) is 1. The maximum absolute atomic E-state index is 13.1. The van der Waals surface area contributed by atoms with E-state index in [2.05, 4.69) is 5.32 Å². The van der Waals surface area contributed by atoms with Crippen molar-refractivity contribution in [1.29, 1.82) is 0 Å². The Morgan fingerprint density at radius 3 is 2.41 bits per heavy atom. The molecule has 3 aromatic carbocycles. The molecule has 1 saturated heterocycles. The highest BCUT2D eigenvalue weighted by molar-refractivity contribution is 6.07. The summed E-state index contributed by atoms with van der Waals surface area (Å²) in [5.74, 6) is 0.442. The van der Waals surface area contributed by atoms with Crippen LogP contribution in [0.4, 0.5) is 4.79 Å². The number of carbonyl (C=O) groups excluding carboxylic acids is 2. The van der Waals surface area contributed by atoms with Crippen molar-refractivity contribution in [2.75, 3.05) is 7.11 Å². The van der Waals surface area contributed by atoms with Gasteiger partial charge in [0.05, 0.1) is 13.7 Å². The lowest BCUT2D eigenvalue weighted by atomic mass is 9.92. The highest BCUT2D eigenvalue weighted by Gasteiger charge is 2.48. The summed E-state index contributed by atoms with van der Waals surface area (Å²) >= 11 is 0. The van der Waals surface area contributed by atoms with Crippen LogP contribution in [0.25, 0.3) is 10.8 Å². The second-order valence-electron chi connectivity index (χ2n) is 6.81. The van der Waals surface area contributed by atoms with Crippen LogP contribution in [0.15, 0.2) is 66.7 Å². The van der Waals surface area contributed by atoms with Gasteiger partial charge in [0, 0.05) is 0 Å². The topological polar surface area (TPSA) is 58.6 Å². The first kappa shape index (κ1) is 17.1. The fourth-order valence-corrected chi connectivity index (χ4v) is 3.56. The van der Waals surface area contributed by atoms with E-state index in [1.54, 1.807) is 38.3 Å². The van der Waals surface area contributed by atoms with E-state index >= 15 is 0 Å². The largest absolute Gasteiger partial charge is 0.497 e. The van der Waals surface area contributed by atoms with Crippen LogP contribution in [0.5, 0.6) is 5.75 Å². The molecule has 4 rings (SSSR count). The van der Waals surface area contributed by atoms with E-state index in [1.165, 1.54) is 4.90 Å². The molecule has 3 amide bonds. The Labute approximate surface area is 157 Å². The number of amides is 3. The number of hydrogen-bond acceptors (Lipinski definition) is 3. The average molecular weight is 360 g/mol. The number of urea groups is 1. The quantitative estimate of drug-likeness (QED) is 0.720. The average Bonchev–Trinajstić information content (AvgIpc) is 2.92. The number of carbonyl (C=O) groups is 2. The molecule has 27 heavy (non-hydrogen) atoms. The standard InChI is InChI=1S/C22H20N2O3/c1-22(17-10-12-18(27-2)13-11-17)20(25)24(21(26)23-22)14-16-8-5-7-15-6-3-4-9-19(15)16/h3-13H,14H2,1-2H3,(H,23,26). The molecule has 1 heterocycles. The Morgan fingerprint density at radius 2 is 1.67 bits per heavy atom. The number of fused-ring (bicyclic) bond motifs is 1.